The number of nitrogens with one attached hydrogen (secondary N) is 1. The fourth-order valence-electron chi connectivity index (χ4n) is 2.13. The number of aromatic hydroxyl groups is 1. The fraction of sp³-hybridized carbons (Fsp3) is 0.333. The Hall–Kier alpha value is -1.37. The molecule has 2 rings (SSSR count). The molecule has 3 heteroatoms. The molecule has 0 aliphatic heterocycles. The Morgan fingerprint density at radius 2 is 1.76 bits per heavy atom. The van der Waals surface area contributed by atoms with Crippen LogP contribution in [0.2, 0.25) is 0 Å². The summed E-state index contributed by atoms with van der Waals surface area (Å²) in [6, 6.07) is 14.0. The van der Waals surface area contributed by atoms with Gasteiger partial charge in [-0.25, -0.2) is 0 Å². The number of phenols is 1. The molecule has 0 fully saturated rings. The summed E-state index contributed by atoms with van der Waals surface area (Å²) in [7, 11) is 0.477. The summed E-state index contributed by atoms with van der Waals surface area (Å²) in [5.41, 5.74) is 2.69. The topological polar surface area (TPSA) is 32.3 Å². The van der Waals surface area contributed by atoms with E-state index in [9.17, 15) is 5.11 Å². The molecule has 1 atom stereocenters. The smallest absolute Gasteiger partial charge is 0.123 e. The van der Waals surface area contributed by atoms with Crippen molar-refractivity contribution in [3.63, 3.8) is 0 Å². The number of para-hydroxylation sites is 1. The molecule has 0 aliphatic carbocycles. The third-order valence-electron chi connectivity index (χ3n) is 3.33. The molecule has 112 valence electrons. The second-order valence-electron chi connectivity index (χ2n) is 6.35. The Labute approximate surface area is 129 Å². The van der Waals surface area contributed by atoms with Crippen molar-refractivity contribution in [2.24, 2.45) is 0 Å². The standard InChI is InChI=1S/C18H24NOP/c1-13-8-7-9-14(12-19-18(2,3)4)17(13)21-16-11-6-5-10-15(16)20/h5-11,19-21H,12H2,1-4H3. The highest BCUT2D eigenvalue weighted by Crippen LogP contribution is 2.22. The quantitative estimate of drug-likeness (QED) is 0.850. The van der Waals surface area contributed by atoms with Crippen molar-refractivity contribution in [1.29, 1.82) is 0 Å². The van der Waals surface area contributed by atoms with Gasteiger partial charge in [-0.15, -0.1) is 0 Å². The van der Waals surface area contributed by atoms with Crippen LogP contribution in [0, 0.1) is 6.92 Å². The summed E-state index contributed by atoms with van der Waals surface area (Å²) in [5, 5.41) is 15.9. The van der Waals surface area contributed by atoms with Crippen LogP contribution in [-0.4, -0.2) is 10.6 Å². The normalized spacial score (nSPS) is 12.2. The van der Waals surface area contributed by atoms with Crippen molar-refractivity contribution in [2.75, 3.05) is 0 Å². The first-order valence-electron chi connectivity index (χ1n) is 7.25. The molecule has 0 saturated heterocycles. The molecule has 2 N–H and O–H groups in total. The number of phenolic OH excluding ortho intramolecular Hbond substituents is 1. The molecule has 0 aliphatic rings. The van der Waals surface area contributed by atoms with E-state index in [0.717, 1.165) is 11.8 Å². The predicted molar refractivity (Wildman–Crippen MR) is 93.5 cm³/mol. The number of rotatable bonds is 4. The summed E-state index contributed by atoms with van der Waals surface area (Å²) in [6.07, 6.45) is 0. The summed E-state index contributed by atoms with van der Waals surface area (Å²) in [5.74, 6) is 0.383. The van der Waals surface area contributed by atoms with Crippen LogP contribution in [0.1, 0.15) is 31.9 Å². The van der Waals surface area contributed by atoms with Gasteiger partial charge < -0.3 is 10.4 Å². The van der Waals surface area contributed by atoms with Gasteiger partial charge in [0.2, 0.25) is 0 Å². The number of hydrogen-bond donors (Lipinski definition) is 2. The van der Waals surface area contributed by atoms with Gasteiger partial charge in [-0.05, 0) is 50.2 Å². The molecule has 0 bridgehead atoms. The number of benzene rings is 2. The zero-order chi connectivity index (χ0) is 15.5. The summed E-state index contributed by atoms with van der Waals surface area (Å²) < 4.78 is 0. The second kappa shape index (κ2) is 6.60. The average Bonchev–Trinajstić information content (AvgIpc) is 2.41. The molecule has 1 unspecified atom stereocenters. The van der Waals surface area contributed by atoms with Crippen LogP contribution in [0.25, 0.3) is 0 Å². The summed E-state index contributed by atoms with van der Waals surface area (Å²) in [4.78, 5) is 0. The first-order chi connectivity index (χ1) is 9.87. The molecule has 21 heavy (non-hydrogen) atoms. The van der Waals surface area contributed by atoms with Crippen LogP contribution < -0.4 is 15.9 Å². The Bertz CT molecular complexity index is 617. The van der Waals surface area contributed by atoms with Crippen molar-refractivity contribution in [3.05, 3.63) is 53.6 Å². The fourth-order valence-corrected chi connectivity index (χ4v) is 3.40. The maximum Gasteiger partial charge on any atom is 0.123 e. The van der Waals surface area contributed by atoms with Gasteiger partial charge in [-0.2, -0.15) is 0 Å². The zero-order valence-corrected chi connectivity index (χ0v) is 14.2. The lowest BCUT2D eigenvalue weighted by molar-refractivity contribution is 0.425. The van der Waals surface area contributed by atoms with E-state index in [-0.39, 0.29) is 5.54 Å². The van der Waals surface area contributed by atoms with Gasteiger partial charge in [-0.1, -0.05) is 45.0 Å². The lowest BCUT2D eigenvalue weighted by Gasteiger charge is -2.22. The van der Waals surface area contributed by atoms with E-state index in [1.54, 1.807) is 6.07 Å². The minimum absolute atomic E-state index is 0.0962. The molecule has 0 radical (unpaired) electrons. The molecule has 0 aromatic heterocycles. The molecular formula is C18H24NOP. The summed E-state index contributed by atoms with van der Waals surface area (Å²) >= 11 is 0. The lowest BCUT2D eigenvalue weighted by atomic mass is 10.1. The van der Waals surface area contributed by atoms with Crippen LogP contribution in [0.15, 0.2) is 42.5 Å². The van der Waals surface area contributed by atoms with E-state index in [0.29, 0.717) is 14.3 Å². The Kier molecular flexibility index (Phi) is 5.03. The van der Waals surface area contributed by atoms with E-state index in [1.807, 2.05) is 18.2 Å². The van der Waals surface area contributed by atoms with Crippen molar-refractivity contribution in [2.45, 2.75) is 39.8 Å². The van der Waals surface area contributed by atoms with Crippen LogP contribution in [0.5, 0.6) is 5.75 Å². The van der Waals surface area contributed by atoms with E-state index >= 15 is 0 Å². The third kappa shape index (κ3) is 4.56. The number of aryl methyl sites for hydroxylation is 1. The molecule has 0 amide bonds. The zero-order valence-electron chi connectivity index (χ0n) is 13.2. The lowest BCUT2D eigenvalue weighted by Crippen LogP contribution is -2.36. The largest absolute Gasteiger partial charge is 0.507 e. The van der Waals surface area contributed by atoms with Crippen molar-refractivity contribution < 1.29 is 5.11 Å². The van der Waals surface area contributed by atoms with Crippen LogP contribution in [0.4, 0.5) is 0 Å². The van der Waals surface area contributed by atoms with Crippen molar-refractivity contribution >= 4 is 19.2 Å². The van der Waals surface area contributed by atoms with Gasteiger partial charge in [0.25, 0.3) is 0 Å². The Morgan fingerprint density at radius 3 is 2.43 bits per heavy atom. The molecule has 2 aromatic carbocycles. The van der Waals surface area contributed by atoms with E-state index in [2.05, 4.69) is 51.2 Å². The van der Waals surface area contributed by atoms with Gasteiger partial charge in [-0.3, -0.25) is 0 Å². The Morgan fingerprint density at radius 1 is 1.05 bits per heavy atom. The van der Waals surface area contributed by atoms with E-state index in [4.69, 9.17) is 0 Å². The SMILES string of the molecule is Cc1cccc(CNC(C)(C)C)c1Pc1ccccc1O. The maximum atomic E-state index is 10.0. The van der Waals surface area contributed by atoms with Gasteiger partial charge in [0.05, 0.1) is 0 Å². The highest BCUT2D eigenvalue weighted by Gasteiger charge is 2.12. The molecule has 0 saturated carbocycles. The van der Waals surface area contributed by atoms with Crippen LogP contribution in [-0.2, 0) is 6.54 Å². The Balaban J connectivity index is 2.28. The monoisotopic (exact) mass is 301 g/mol. The number of hydrogen-bond acceptors (Lipinski definition) is 2. The average molecular weight is 301 g/mol. The van der Waals surface area contributed by atoms with Gasteiger partial charge >= 0.3 is 0 Å². The molecule has 0 spiro atoms. The highest BCUT2D eigenvalue weighted by molar-refractivity contribution is 7.56. The van der Waals surface area contributed by atoms with Crippen LogP contribution >= 0.6 is 8.58 Å². The van der Waals surface area contributed by atoms with Gasteiger partial charge in [0.1, 0.15) is 5.75 Å². The molecular weight excluding hydrogens is 277 g/mol. The predicted octanol–water partition coefficient (Wildman–Crippen LogP) is 3.22. The van der Waals surface area contributed by atoms with Gasteiger partial charge in [0.15, 0.2) is 0 Å². The minimum atomic E-state index is 0.0962. The van der Waals surface area contributed by atoms with Crippen molar-refractivity contribution in [1.82, 2.24) is 5.32 Å². The summed E-state index contributed by atoms with van der Waals surface area (Å²) in [6.45, 7) is 9.51. The van der Waals surface area contributed by atoms with Gasteiger partial charge in [0, 0.05) is 17.4 Å². The molecule has 0 heterocycles. The van der Waals surface area contributed by atoms with E-state index < -0.39 is 0 Å². The molecule has 2 aromatic rings. The third-order valence-corrected chi connectivity index (χ3v) is 4.99. The van der Waals surface area contributed by atoms with E-state index in [1.165, 1.54) is 16.4 Å². The van der Waals surface area contributed by atoms with Crippen LogP contribution in [0.3, 0.4) is 0 Å². The first kappa shape index (κ1) is 16.0. The minimum Gasteiger partial charge on any atom is -0.507 e. The highest BCUT2D eigenvalue weighted by atomic mass is 31.1. The first-order valence-corrected chi connectivity index (χ1v) is 8.25. The second-order valence-corrected chi connectivity index (χ2v) is 7.64. The molecule has 2 nitrogen and oxygen atoms in total. The van der Waals surface area contributed by atoms with Crippen molar-refractivity contribution in [3.8, 4) is 5.75 Å². The maximum absolute atomic E-state index is 10.0.